The average molecular weight is 617 g/mol. The van der Waals surface area contributed by atoms with Crippen LogP contribution in [0.1, 0.15) is 104 Å². The second-order valence-electron chi connectivity index (χ2n) is 15.2. The molecule has 0 radical (unpaired) electrons. The first-order valence-electron chi connectivity index (χ1n) is 16.6. The SMILES string of the molecule is CC1(C)C(=O)C=CC2(C)C1=C(O)C(=O)C1(C)C2CCC2(C)C(c3ccoc3)CC3OC321.CCCCCCc1ccc(O)cc1O. The number of phenols is 2. The minimum absolute atomic E-state index is 0.00527. The van der Waals surface area contributed by atoms with Crippen LogP contribution in [0.4, 0.5) is 0 Å². The molecule has 45 heavy (non-hydrogen) atoms. The second kappa shape index (κ2) is 10.6. The summed E-state index contributed by atoms with van der Waals surface area (Å²) in [5.41, 5.74) is -0.470. The first-order chi connectivity index (χ1) is 21.2. The van der Waals surface area contributed by atoms with Crippen molar-refractivity contribution in [1.29, 1.82) is 0 Å². The number of furan rings is 1. The summed E-state index contributed by atoms with van der Waals surface area (Å²) >= 11 is 0. The van der Waals surface area contributed by atoms with E-state index in [0.717, 1.165) is 37.7 Å². The third-order valence-electron chi connectivity index (χ3n) is 12.5. The van der Waals surface area contributed by atoms with Crippen LogP contribution in [-0.2, 0) is 20.7 Å². The molecule has 7 nitrogen and oxygen atoms in total. The largest absolute Gasteiger partial charge is 0.508 e. The van der Waals surface area contributed by atoms with Gasteiger partial charge in [0.15, 0.2) is 11.5 Å². The monoisotopic (exact) mass is 616 g/mol. The number of carbonyl (C=O) groups excluding carboxylic acids is 2. The number of Topliss-reactive ketones (excluding diaryl/α,β-unsaturated/α-hetero) is 1. The number of aromatic hydroxyl groups is 2. The maximum Gasteiger partial charge on any atom is 0.206 e. The molecule has 1 aromatic heterocycles. The molecule has 1 aromatic carbocycles. The Hall–Kier alpha value is -3.32. The molecular weight excluding hydrogens is 568 g/mol. The lowest BCUT2D eigenvalue weighted by molar-refractivity contribution is -0.162. The van der Waals surface area contributed by atoms with E-state index in [1.807, 2.05) is 39.2 Å². The number of unbranched alkanes of at least 4 members (excludes halogenated alkanes) is 3. The standard InChI is InChI=1S/C26H30O5.C12H18O2/c1-22(2)17(27)7-9-23(3)16-6-10-24(4)15(14-8-11-30-13-14)12-18-26(24,31-18)25(16,5)21(29)19(28)20(22)23;1-2-3-4-5-6-10-7-8-11(13)9-12(10)14/h7-9,11,13,15-16,18,28H,6,10,12H2,1-5H3;7-9,13-14H,2-6H2,1H3. The molecule has 5 aliphatic rings. The lowest BCUT2D eigenvalue weighted by Crippen LogP contribution is -2.66. The number of benzene rings is 1. The Morgan fingerprint density at radius 3 is 2.40 bits per heavy atom. The molecule has 3 N–H and O–H groups in total. The van der Waals surface area contributed by atoms with Crippen LogP contribution < -0.4 is 0 Å². The quantitative estimate of drug-likeness (QED) is 0.221. The first kappa shape index (κ1) is 31.7. The molecule has 1 saturated heterocycles. The molecule has 2 heterocycles. The molecule has 1 spiro atoms. The number of phenolic OH excluding ortho intramolecular Hbond substituents is 2. The average Bonchev–Trinajstić information content (AvgIpc) is 3.34. The Bertz CT molecular complexity index is 1570. The summed E-state index contributed by atoms with van der Waals surface area (Å²) in [6, 6.07) is 6.83. The van der Waals surface area contributed by atoms with Crippen molar-refractivity contribution < 1.29 is 34.1 Å². The van der Waals surface area contributed by atoms with Crippen molar-refractivity contribution in [2.24, 2.45) is 27.6 Å². The number of ether oxygens (including phenoxy) is 1. The highest BCUT2D eigenvalue weighted by Gasteiger charge is 2.87. The van der Waals surface area contributed by atoms with Crippen molar-refractivity contribution in [1.82, 2.24) is 0 Å². The van der Waals surface area contributed by atoms with Gasteiger partial charge < -0.3 is 24.5 Å². The molecule has 242 valence electrons. The molecule has 7 rings (SSSR count). The third-order valence-corrected chi connectivity index (χ3v) is 12.5. The molecule has 4 aliphatic carbocycles. The number of fused-ring (bicyclic) bond motifs is 3. The van der Waals surface area contributed by atoms with E-state index in [9.17, 15) is 19.8 Å². The zero-order valence-electron chi connectivity index (χ0n) is 27.5. The normalized spacial score (nSPS) is 37.2. The van der Waals surface area contributed by atoms with Gasteiger partial charge >= 0.3 is 0 Å². The van der Waals surface area contributed by atoms with E-state index in [2.05, 4.69) is 20.8 Å². The Kier molecular flexibility index (Phi) is 7.47. The third kappa shape index (κ3) is 4.25. The van der Waals surface area contributed by atoms with Crippen LogP contribution in [0.5, 0.6) is 11.5 Å². The summed E-state index contributed by atoms with van der Waals surface area (Å²) in [6.45, 7) is 12.2. The van der Waals surface area contributed by atoms with Crippen molar-refractivity contribution in [3.8, 4) is 11.5 Å². The van der Waals surface area contributed by atoms with Crippen LogP contribution in [-0.4, -0.2) is 38.6 Å². The van der Waals surface area contributed by atoms with E-state index >= 15 is 0 Å². The van der Waals surface area contributed by atoms with Crippen molar-refractivity contribution in [2.45, 2.75) is 111 Å². The molecule has 0 amide bonds. The second-order valence-corrected chi connectivity index (χ2v) is 15.2. The fourth-order valence-corrected chi connectivity index (χ4v) is 10.3. The van der Waals surface area contributed by atoms with Gasteiger partial charge in [0.25, 0.3) is 0 Å². The van der Waals surface area contributed by atoms with Gasteiger partial charge in [0.05, 0.1) is 29.5 Å². The molecule has 0 bridgehead atoms. The number of allylic oxidation sites excluding steroid dienone is 4. The van der Waals surface area contributed by atoms with Gasteiger partial charge in [-0.05, 0) is 99.6 Å². The number of hydrogen-bond donors (Lipinski definition) is 3. The summed E-state index contributed by atoms with van der Waals surface area (Å²) in [7, 11) is 0. The lowest BCUT2D eigenvalue weighted by atomic mass is 9.39. The molecule has 7 atom stereocenters. The van der Waals surface area contributed by atoms with E-state index in [1.165, 1.54) is 30.9 Å². The first-order valence-corrected chi connectivity index (χ1v) is 16.6. The van der Waals surface area contributed by atoms with Gasteiger partial charge in [-0.15, -0.1) is 0 Å². The summed E-state index contributed by atoms with van der Waals surface area (Å²) in [5, 5.41) is 29.9. The summed E-state index contributed by atoms with van der Waals surface area (Å²) in [4.78, 5) is 26.7. The predicted octanol–water partition coefficient (Wildman–Crippen LogP) is 8.11. The number of aryl methyl sites for hydroxylation is 1. The number of hydrogen-bond acceptors (Lipinski definition) is 7. The minimum atomic E-state index is -0.901. The topological polar surface area (TPSA) is 120 Å². The zero-order valence-corrected chi connectivity index (χ0v) is 27.5. The van der Waals surface area contributed by atoms with Gasteiger partial charge in [0.1, 0.15) is 17.1 Å². The highest BCUT2D eigenvalue weighted by molar-refractivity contribution is 6.06. The van der Waals surface area contributed by atoms with Crippen molar-refractivity contribution in [3.63, 3.8) is 0 Å². The van der Waals surface area contributed by atoms with Gasteiger partial charge in [0.2, 0.25) is 5.78 Å². The van der Waals surface area contributed by atoms with Crippen LogP contribution in [0.25, 0.3) is 0 Å². The predicted molar refractivity (Wildman–Crippen MR) is 171 cm³/mol. The fourth-order valence-electron chi connectivity index (χ4n) is 10.3. The lowest BCUT2D eigenvalue weighted by Gasteiger charge is -2.62. The Morgan fingerprint density at radius 1 is 0.978 bits per heavy atom. The number of aliphatic hydroxyl groups excluding tert-OH is 1. The van der Waals surface area contributed by atoms with Crippen molar-refractivity contribution in [2.75, 3.05) is 0 Å². The maximum absolute atomic E-state index is 14.0. The van der Waals surface area contributed by atoms with Gasteiger partial charge in [-0.25, -0.2) is 0 Å². The number of ketones is 2. The van der Waals surface area contributed by atoms with Crippen LogP contribution in [0.2, 0.25) is 0 Å². The molecule has 7 unspecified atom stereocenters. The van der Waals surface area contributed by atoms with Crippen LogP contribution in [0, 0.1) is 27.6 Å². The molecular formula is C38H48O7. The number of rotatable bonds is 6. The Balaban J connectivity index is 0.000000216. The Labute approximate surface area is 266 Å². The van der Waals surface area contributed by atoms with E-state index in [0.29, 0.717) is 5.57 Å². The number of aliphatic hydroxyl groups is 1. The van der Waals surface area contributed by atoms with E-state index < -0.39 is 21.8 Å². The van der Waals surface area contributed by atoms with E-state index in [-0.39, 0.29) is 52.2 Å². The van der Waals surface area contributed by atoms with Gasteiger partial charge in [-0.1, -0.05) is 52.2 Å². The van der Waals surface area contributed by atoms with E-state index in [1.54, 1.807) is 24.5 Å². The molecule has 7 heteroatoms. The molecule has 1 aliphatic heterocycles. The van der Waals surface area contributed by atoms with Crippen LogP contribution in [0.3, 0.4) is 0 Å². The van der Waals surface area contributed by atoms with E-state index in [4.69, 9.17) is 14.3 Å². The summed E-state index contributed by atoms with van der Waals surface area (Å²) in [6.07, 6.45) is 15.4. The smallest absolute Gasteiger partial charge is 0.206 e. The number of carbonyl (C=O) groups is 2. The highest BCUT2D eigenvalue weighted by atomic mass is 16.6. The van der Waals surface area contributed by atoms with Crippen LogP contribution >= 0.6 is 0 Å². The van der Waals surface area contributed by atoms with Gasteiger partial charge in [-0.3, -0.25) is 9.59 Å². The van der Waals surface area contributed by atoms with Gasteiger partial charge in [0, 0.05) is 16.9 Å². The molecule has 2 saturated carbocycles. The highest BCUT2D eigenvalue weighted by Crippen LogP contribution is 2.81. The Morgan fingerprint density at radius 2 is 1.73 bits per heavy atom. The summed E-state index contributed by atoms with van der Waals surface area (Å²) in [5.74, 6) is 0.0227. The van der Waals surface area contributed by atoms with Crippen LogP contribution in [0.15, 0.2) is 64.7 Å². The molecule has 3 fully saturated rings. The minimum Gasteiger partial charge on any atom is -0.508 e. The van der Waals surface area contributed by atoms with Crippen molar-refractivity contribution >= 4 is 11.6 Å². The van der Waals surface area contributed by atoms with Crippen molar-refractivity contribution in [3.05, 3.63) is 71.4 Å². The van der Waals surface area contributed by atoms with Gasteiger partial charge in [-0.2, -0.15) is 0 Å². The number of epoxide rings is 1. The fraction of sp³-hybridized carbons (Fsp3) is 0.579. The summed E-state index contributed by atoms with van der Waals surface area (Å²) < 4.78 is 11.9. The zero-order chi connectivity index (χ0) is 32.6. The molecule has 2 aromatic rings. The maximum atomic E-state index is 14.0.